The van der Waals surface area contributed by atoms with Gasteiger partial charge in [0.1, 0.15) is 5.75 Å². The summed E-state index contributed by atoms with van der Waals surface area (Å²) in [5, 5.41) is 0. The predicted octanol–water partition coefficient (Wildman–Crippen LogP) is 3.62. The summed E-state index contributed by atoms with van der Waals surface area (Å²) in [4.78, 5) is 0. The number of benzene rings is 2. The zero-order chi connectivity index (χ0) is 13.9. The lowest BCUT2D eigenvalue weighted by Gasteiger charge is -2.15. The first-order chi connectivity index (χ1) is 9.78. The van der Waals surface area contributed by atoms with Crippen molar-refractivity contribution in [3.05, 3.63) is 64.7 Å². The second-order valence-corrected chi connectivity index (χ2v) is 5.36. The van der Waals surface area contributed by atoms with Gasteiger partial charge < -0.3 is 10.5 Å². The summed E-state index contributed by atoms with van der Waals surface area (Å²) in [6.45, 7) is 2.67. The SMILES string of the molecule is CCOc1cccc(C(N)c2ccc3c(c2)CCC3)c1. The second-order valence-electron chi connectivity index (χ2n) is 5.36. The van der Waals surface area contributed by atoms with E-state index in [0.717, 1.165) is 11.3 Å². The van der Waals surface area contributed by atoms with Crippen molar-refractivity contribution in [1.82, 2.24) is 0 Å². The Hall–Kier alpha value is -1.80. The molecular formula is C18H21NO. The van der Waals surface area contributed by atoms with E-state index in [9.17, 15) is 0 Å². The molecule has 0 fully saturated rings. The van der Waals surface area contributed by atoms with Crippen molar-refractivity contribution in [2.24, 2.45) is 5.73 Å². The van der Waals surface area contributed by atoms with E-state index in [4.69, 9.17) is 10.5 Å². The lowest BCUT2D eigenvalue weighted by Crippen LogP contribution is -2.12. The number of rotatable bonds is 4. The fraction of sp³-hybridized carbons (Fsp3) is 0.333. The summed E-state index contributed by atoms with van der Waals surface area (Å²) in [6.07, 6.45) is 3.67. The molecule has 0 amide bonds. The first-order valence-electron chi connectivity index (χ1n) is 7.38. The molecule has 1 unspecified atom stereocenters. The van der Waals surface area contributed by atoms with E-state index >= 15 is 0 Å². The zero-order valence-electron chi connectivity index (χ0n) is 11.9. The fourth-order valence-corrected chi connectivity index (χ4v) is 2.94. The molecular weight excluding hydrogens is 246 g/mol. The molecule has 104 valence electrons. The Morgan fingerprint density at radius 1 is 1.05 bits per heavy atom. The molecule has 2 aromatic carbocycles. The van der Waals surface area contributed by atoms with Crippen molar-refractivity contribution in [1.29, 1.82) is 0 Å². The number of hydrogen-bond donors (Lipinski definition) is 1. The van der Waals surface area contributed by atoms with Crippen LogP contribution in [0, 0.1) is 0 Å². The van der Waals surface area contributed by atoms with Crippen LogP contribution in [0.3, 0.4) is 0 Å². The predicted molar refractivity (Wildman–Crippen MR) is 82.1 cm³/mol. The van der Waals surface area contributed by atoms with Crippen LogP contribution in [-0.2, 0) is 12.8 Å². The lowest BCUT2D eigenvalue weighted by atomic mass is 9.96. The Morgan fingerprint density at radius 2 is 1.85 bits per heavy atom. The number of aryl methyl sites for hydroxylation is 2. The molecule has 2 N–H and O–H groups in total. The molecule has 1 aliphatic rings. The summed E-state index contributed by atoms with van der Waals surface area (Å²) in [5.41, 5.74) is 11.7. The van der Waals surface area contributed by atoms with Gasteiger partial charge in [0.2, 0.25) is 0 Å². The lowest BCUT2D eigenvalue weighted by molar-refractivity contribution is 0.340. The van der Waals surface area contributed by atoms with Gasteiger partial charge in [-0.1, -0.05) is 30.3 Å². The van der Waals surface area contributed by atoms with Crippen LogP contribution in [0.15, 0.2) is 42.5 Å². The van der Waals surface area contributed by atoms with E-state index in [1.54, 1.807) is 0 Å². The van der Waals surface area contributed by atoms with E-state index in [1.165, 1.54) is 36.0 Å². The highest BCUT2D eigenvalue weighted by Crippen LogP contribution is 2.28. The first kappa shape index (κ1) is 13.2. The van der Waals surface area contributed by atoms with Crippen LogP contribution in [0.25, 0.3) is 0 Å². The molecule has 0 heterocycles. The van der Waals surface area contributed by atoms with Crippen molar-refractivity contribution < 1.29 is 4.74 Å². The van der Waals surface area contributed by atoms with Gasteiger partial charge in [-0.25, -0.2) is 0 Å². The molecule has 0 saturated carbocycles. The van der Waals surface area contributed by atoms with E-state index in [1.807, 2.05) is 25.1 Å². The maximum atomic E-state index is 6.42. The van der Waals surface area contributed by atoms with E-state index < -0.39 is 0 Å². The average molecular weight is 267 g/mol. The highest BCUT2D eigenvalue weighted by Gasteiger charge is 2.15. The molecule has 2 nitrogen and oxygen atoms in total. The van der Waals surface area contributed by atoms with Gasteiger partial charge >= 0.3 is 0 Å². The van der Waals surface area contributed by atoms with E-state index in [-0.39, 0.29) is 6.04 Å². The highest BCUT2D eigenvalue weighted by molar-refractivity contribution is 5.41. The second kappa shape index (κ2) is 5.68. The molecule has 2 heteroatoms. The average Bonchev–Trinajstić information content (AvgIpc) is 2.94. The summed E-state index contributed by atoms with van der Waals surface area (Å²) in [6, 6.07) is 14.7. The summed E-state index contributed by atoms with van der Waals surface area (Å²) >= 11 is 0. The largest absolute Gasteiger partial charge is 0.494 e. The van der Waals surface area contributed by atoms with Crippen LogP contribution < -0.4 is 10.5 Å². The smallest absolute Gasteiger partial charge is 0.119 e. The Morgan fingerprint density at radius 3 is 2.70 bits per heavy atom. The van der Waals surface area contributed by atoms with Gasteiger partial charge in [0.05, 0.1) is 12.6 Å². The molecule has 0 aliphatic heterocycles. The van der Waals surface area contributed by atoms with Gasteiger partial charge in [0, 0.05) is 0 Å². The maximum Gasteiger partial charge on any atom is 0.119 e. The Balaban J connectivity index is 1.88. The quantitative estimate of drug-likeness (QED) is 0.918. The van der Waals surface area contributed by atoms with Crippen molar-refractivity contribution in [2.45, 2.75) is 32.2 Å². The third-order valence-corrected chi connectivity index (χ3v) is 4.01. The zero-order valence-corrected chi connectivity index (χ0v) is 11.9. The van der Waals surface area contributed by atoms with E-state index in [0.29, 0.717) is 6.61 Å². The summed E-state index contributed by atoms with van der Waals surface area (Å²) in [7, 11) is 0. The van der Waals surface area contributed by atoms with Gasteiger partial charge in [-0.2, -0.15) is 0 Å². The number of fused-ring (bicyclic) bond motifs is 1. The van der Waals surface area contributed by atoms with Gasteiger partial charge in [0.15, 0.2) is 0 Å². The van der Waals surface area contributed by atoms with Crippen LogP contribution in [0.4, 0.5) is 0 Å². The Bertz CT molecular complexity index is 606. The number of ether oxygens (including phenoxy) is 1. The normalized spacial score (nSPS) is 14.9. The fourth-order valence-electron chi connectivity index (χ4n) is 2.94. The van der Waals surface area contributed by atoms with Crippen LogP contribution in [0.5, 0.6) is 5.75 Å². The minimum absolute atomic E-state index is 0.0821. The summed E-state index contributed by atoms with van der Waals surface area (Å²) < 4.78 is 5.55. The molecule has 2 aromatic rings. The molecule has 0 aromatic heterocycles. The standard InChI is InChI=1S/C18H21NO/c1-2-20-17-8-4-7-15(12-17)18(19)16-10-9-13-5-3-6-14(13)11-16/h4,7-12,18H,2-3,5-6,19H2,1H3. The Kier molecular flexibility index (Phi) is 3.75. The third kappa shape index (κ3) is 2.56. The molecule has 0 spiro atoms. The minimum Gasteiger partial charge on any atom is -0.494 e. The first-order valence-corrected chi connectivity index (χ1v) is 7.38. The monoisotopic (exact) mass is 267 g/mol. The molecule has 0 radical (unpaired) electrons. The van der Waals surface area contributed by atoms with Gasteiger partial charge in [-0.15, -0.1) is 0 Å². The topological polar surface area (TPSA) is 35.2 Å². The van der Waals surface area contributed by atoms with Gasteiger partial charge in [-0.05, 0) is 60.6 Å². The number of hydrogen-bond acceptors (Lipinski definition) is 2. The molecule has 20 heavy (non-hydrogen) atoms. The minimum atomic E-state index is -0.0821. The molecule has 1 atom stereocenters. The number of nitrogens with two attached hydrogens (primary N) is 1. The van der Waals surface area contributed by atoms with Crippen LogP contribution in [0.1, 0.15) is 41.6 Å². The van der Waals surface area contributed by atoms with Crippen molar-refractivity contribution >= 4 is 0 Å². The van der Waals surface area contributed by atoms with Crippen LogP contribution in [0.2, 0.25) is 0 Å². The third-order valence-electron chi connectivity index (χ3n) is 4.01. The molecule has 0 saturated heterocycles. The van der Waals surface area contributed by atoms with E-state index in [2.05, 4.69) is 24.3 Å². The molecule has 3 rings (SSSR count). The van der Waals surface area contributed by atoms with Crippen molar-refractivity contribution in [2.75, 3.05) is 6.61 Å². The highest BCUT2D eigenvalue weighted by atomic mass is 16.5. The Labute approximate surface area is 120 Å². The van der Waals surface area contributed by atoms with Gasteiger partial charge in [0.25, 0.3) is 0 Å². The summed E-state index contributed by atoms with van der Waals surface area (Å²) in [5.74, 6) is 0.890. The van der Waals surface area contributed by atoms with Crippen LogP contribution in [-0.4, -0.2) is 6.61 Å². The van der Waals surface area contributed by atoms with Gasteiger partial charge in [-0.3, -0.25) is 0 Å². The van der Waals surface area contributed by atoms with Crippen LogP contribution >= 0.6 is 0 Å². The van der Waals surface area contributed by atoms with Crippen molar-refractivity contribution in [3.63, 3.8) is 0 Å². The maximum absolute atomic E-state index is 6.42. The molecule has 0 bridgehead atoms. The molecule has 1 aliphatic carbocycles. The van der Waals surface area contributed by atoms with Crippen molar-refractivity contribution in [3.8, 4) is 5.75 Å².